The van der Waals surface area contributed by atoms with Crippen LogP contribution in [0.5, 0.6) is 0 Å². The summed E-state index contributed by atoms with van der Waals surface area (Å²) in [6, 6.07) is 2.24. The first kappa shape index (κ1) is 23.3. The zero-order valence-electron chi connectivity index (χ0n) is 18.8. The van der Waals surface area contributed by atoms with Crippen LogP contribution in [0.4, 0.5) is 10.5 Å². The van der Waals surface area contributed by atoms with Gasteiger partial charge in [-0.2, -0.15) is 0 Å². The van der Waals surface area contributed by atoms with Gasteiger partial charge in [0.1, 0.15) is 0 Å². The lowest BCUT2D eigenvalue weighted by Crippen LogP contribution is -2.21. The van der Waals surface area contributed by atoms with Crippen LogP contribution < -0.4 is 16.5 Å². The van der Waals surface area contributed by atoms with Gasteiger partial charge in [0.25, 0.3) is 0 Å². The summed E-state index contributed by atoms with van der Waals surface area (Å²) in [5.74, 6) is 0. The van der Waals surface area contributed by atoms with E-state index in [4.69, 9.17) is 15.7 Å². The molecule has 0 saturated heterocycles. The SMILES string of the molecule is CC[C@@H]1CCCOC/C(C)=C(\NO)C=N1.NC(=O)Nc1c2c(cc3c1CCC3)CCC2. The van der Waals surface area contributed by atoms with Crippen molar-refractivity contribution in [1.29, 1.82) is 0 Å². The van der Waals surface area contributed by atoms with Crippen molar-refractivity contribution >= 4 is 17.9 Å². The third kappa shape index (κ3) is 6.08. The molecule has 2 amide bonds. The number of fused-ring (bicyclic) bond motifs is 2. The zero-order chi connectivity index (χ0) is 22.2. The number of nitrogens with zero attached hydrogens (tertiary/aromatic N) is 1. The lowest BCUT2D eigenvalue weighted by atomic mass is 9.99. The third-order valence-corrected chi connectivity index (χ3v) is 6.33. The number of aryl methyl sites for hydroxylation is 2. The van der Waals surface area contributed by atoms with Gasteiger partial charge >= 0.3 is 6.03 Å². The van der Waals surface area contributed by atoms with Gasteiger partial charge in [-0.05, 0) is 92.5 Å². The summed E-state index contributed by atoms with van der Waals surface area (Å²) in [6.07, 6.45) is 11.7. The van der Waals surface area contributed by atoms with E-state index in [9.17, 15) is 4.79 Å². The van der Waals surface area contributed by atoms with Crippen LogP contribution in [0.2, 0.25) is 0 Å². The molecular formula is C24H36N4O3. The largest absolute Gasteiger partial charge is 0.377 e. The predicted octanol–water partition coefficient (Wildman–Crippen LogP) is 4.05. The minimum Gasteiger partial charge on any atom is -0.377 e. The molecule has 1 atom stereocenters. The molecule has 2 aliphatic carbocycles. The highest BCUT2D eigenvalue weighted by molar-refractivity contribution is 5.90. The Labute approximate surface area is 185 Å². The van der Waals surface area contributed by atoms with Crippen molar-refractivity contribution in [2.75, 3.05) is 18.5 Å². The van der Waals surface area contributed by atoms with Crippen molar-refractivity contribution in [2.45, 2.75) is 77.7 Å². The number of carbonyl (C=O) groups excluding carboxylic acids is 1. The number of hydrogen-bond acceptors (Lipinski definition) is 5. The second-order valence-electron chi connectivity index (χ2n) is 8.56. The highest BCUT2D eigenvalue weighted by Crippen LogP contribution is 2.38. The summed E-state index contributed by atoms with van der Waals surface area (Å²) >= 11 is 0. The van der Waals surface area contributed by atoms with Crippen LogP contribution in [0.15, 0.2) is 22.3 Å². The smallest absolute Gasteiger partial charge is 0.316 e. The Balaban J connectivity index is 0.000000176. The molecule has 0 fully saturated rings. The summed E-state index contributed by atoms with van der Waals surface area (Å²) in [5.41, 5.74) is 15.6. The van der Waals surface area contributed by atoms with E-state index >= 15 is 0 Å². The van der Waals surface area contributed by atoms with Crippen molar-refractivity contribution in [3.05, 3.63) is 39.6 Å². The number of benzene rings is 1. The summed E-state index contributed by atoms with van der Waals surface area (Å²) in [5, 5.41) is 11.8. The minimum atomic E-state index is -0.436. The number of ether oxygens (including phenoxy) is 1. The van der Waals surface area contributed by atoms with Crippen LogP contribution in [0.3, 0.4) is 0 Å². The molecule has 1 aromatic carbocycles. The minimum absolute atomic E-state index is 0.336. The number of hydroxylamine groups is 1. The number of anilines is 1. The molecule has 0 spiro atoms. The van der Waals surface area contributed by atoms with Gasteiger partial charge in [0.2, 0.25) is 0 Å². The van der Waals surface area contributed by atoms with E-state index < -0.39 is 6.03 Å². The number of urea groups is 1. The highest BCUT2D eigenvalue weighted by atomic mass is 16.5. The number of carbonyl (C=O) groups is 1. The average molecular weight is 429 g/mol. The number of rotatable bonds is 3. The van der Waals surface area contributed by atoms with E-state index in [1.165, 1.54) is 35.1 Å². The number of nitrogens with one attached hydrogen (secondary N) is 2. The fourth-order valence-corrected chi connectivity index (χ4v) is 4.61. The van der Waals surface area contributed by atoms with Gasteiger partial charge < -0.3 is 15.8 Å². The molecule has 7 nitrogen and oxygen atoms in total. The molecule has 1 heterocycles. The highest BCUT2D eigenvalue weighted by Gasteiger charge is 2.24. The average Bonchev–Trinajstić information content (AvgIpc) is 3.42. The summed E-state index contributed by atoms with van der Waals surface area (Å²) in [7, 11) is 0. The first-order valence-corrected chi connectivity index (χ1v) is 11.5. The quantitative estimate of drug-likeness (QED) is 0.545. The second-order valence-corrected chi connectivity index (χ2v) is 8.56. The first-order chi connectivity index (χ1) is 15.0. The van der Waals surface area contributed by atoms with E-state index in [0.29, 0.717) is 18.3 Å². The molecule has 1 aromatic rings. The van der Waals surface area contributed by atoms with Crippen LogP contribution in [-0.4, -0.2) is 36.7 Å². The molecule has 170 valence electrons. The third-order valence-electron chi connectivity index (χ3n) is 6.33. The molecule has 4 rings (SSSR count). The van der Waals surface area contributed by atoms with Crippen LogP contribution in [0.25, 0.3) is 0 Å². The molecule has 1 aliphatic heterocycles. The fourth-order valence-electron chi connectivity index (χ4n) is 4.61. The molecule has 7 heteroatoms. The summed E-state index contributed by atoms with van der Waals surface area (Å²) < 4.78 is 5.48. The Kier molecular flexibility index (Phi) is 8.49. The van der Waals surface area contributed by atoms with Gasteiger partial charge in [-0.25, -0.2) is 4.79 Å². The number of allylic oxidation sites excluding steroid dienone is 1. The van der Waals surface area contributed by atoms with Crippen molar-refractivity contribution < 1.29 is 14.7 Å². The summed E-state index contributed by atoms with van der Waals surface area (Å²) in [6.45, 7) is 5.36. The molecule has 0 unspecified atom stereocenters. The van der Waals surface area contributed by atoms with Crippen LogP contribution >= 0.6 is 0 Å². The number of primary amides is 1. The Hall–Kier alpha value is -2.38. The Morgan fingerprint density at radius 1 is 1.19 bits per heavy atom. The second kappa shape index (κ2) is 11.3. The number of aliphatic imine (C=N–C) groups is 1. The Morgan fingerprint density at radius 3 is 2.45 bits per heavy atom. The van der Waals surface area contributed by atoms with Gasteiger partial charge in [-0.15, -0.1) is 0 Å². The zero-order valence-corrected chi connectivity index (χ0v) is 18.8. The van der Waals surface area contributed by atoms with E-state index in [1.807, 2.05) is 6.92 Å². The molecule has 3 aliphatic rings. The van der Waals surface area contributed by atoms with Gasteiger partial charge in [-0.1, -0.05) is 13.0 Å². The molecule has 31 heavy (non-hydrogen) atoms. The van der Waals surface area contributed by atoms with Crippen molar-refractivity contribution in [3.63, 3.8) is 0 Å². The lowest BCUT2D eigenvalue weighted by Gasteiger charge is -2.14. The monoisotopic (exact) mass is 428 g/mol. The van der Waals surface area contributed by atoms with Gasteiger partial charge in [0.05, 0.1) is 12.3 Å². The molecule has 5 N–H and O–H groups in total. The maximum absolute atomic E-state index is 11.1. The maximum Gasteiger partial charge on any atom is 0.316 e. The molecule has 0 aromatic heterocycles. The lowest BCUT2D eigenvalue weighted by molar-refractivity contribution is 0.145. The van der Waals surface area contributed by atoms with E-state index in [1.54, 1.807) is 6.21 Å². The topological polar surface area (TPSA) is 109 Å². The maximum atomic E-state index is 11.1. The number of amides is 2. The van der Waals surface area contributed by atoms with E-state index in [-0.39, 0.29) is 0 Å². The molecular weight excluding hydrogens is 392 g/mol. The van der Waals surface area contributed by atoms with E-state index in [0.717, 1.165) is 62.8 Å². The summed E-state index contributed by atoms with van der Waals surface area (Å²) in [4.78, 5) is 15.5. The molecule has 0 bridgehead atoms. The Bertz CT molecular complexity index is 815. The van der Waals surface area contributed by atoms with Gasteiger partial charge in [-0.3, -0.25) is 15.7 Å². The Morgan fingerprint density at radius 2 is 1.87 bits per heavy atom. The van der Waals surface area contributed by atoms with E-state index in [2.05, 4.69) is 28.8 Å². The number of nitrogens with two attached hydrogens (primary N) is 1. The van der Waals surface area contributed by atoms with Crippen molar-refractivity contribution in [2.24, 2.45) is 10.7 Å². The predicted molar refractivity (Wildman–Crippen MR) is 124 cm³/mol. The van der Waals surface area contributed by atoms with Crippen molar-refractivity contribution in [3.8, 4) is 0 Å². The fraction of sp³-hybridized carbons (Fsp3) is 0.583. The van der Waals surface area contributed by atoms with Crippen LogP contribution in [-0.2, 0) is 30.4 Å². The van der Waals surface area contributed by atoms with Crippen LogP contribution in [0, 0.1) is 0 Å². The first-order valence-electron chi connectivity index (χ1n) is 11.5. The van der Waals surface area contributed by atoms with Crippen molar-refractivity contribution in [1.82, 2.24) is 5.48 Å². The molecule has 0 saturated carbocycles. The van der Waals surface area contributed by atoms with Crippen LogP contribution in [0.1, 0.15) is 68.2 Å². The molecule has 0 radical (unpaired) electrons. The van der Waals surface area contributed by atoms with Gasteiger partial charge in [0, 0.05) is 24.6 Å². The number of hydrogen-bond donors (Lipinski definition) is 4. The standard InChI is InChI=1S/C13H16N2O.C11H20N2O2/c14-13(16)15-12-10-5-1-3-8(10)7-9-4-2-6-11(9)12;1-3-10-5-4-6-15-8-9(2)11(13-14)7-12-10/h7H,1-6H2,(H3,14,15,16);7,10,13-14H,3-6,8H2,1-2H3/b;11-9-,12-7?/t;10-/m.1/s1. The van der Waals surface area contributed by atoms with Gasteiger partial charge in [0.15, 0.2) is 0 Å². The normalized spacial score (nSPS) is 22.7.